The topological polar surface area (TPSA) is 74.6 Å². The first-order valence-electron chi connectivity index (χ1n) is 9.83. The molecule has 30 heavy (non-hydrogen) atoms. The van der Waals surface area contributed by atoms with Crippen molar-refractivity contribution < 1.29 is 23.9 Å². The summed E-state index contributed by atoms with van der Waals surface area (Å²) in [5.41, 5.74) is 2.65. The highest BCUT2D eigenvalue weighted by molar-refractivity contribution is 6.01. The number of nitrogens with zero attached hydrogens (tertiary/aromatic N) is 1. The standard InChI is InChI=1S/C24H25NO5/c1-16-13-21(17(2)25(16)12-6-9-23(27)29-3)22(26)15-30-24(28)20-11-10-18-7-4-5-8-19(18)14-20/h4-5,7-8,10-11,13-14H,6,9,12,15H2,1-3H3. The van der Waals surface area contributed by atoms with Crippen LogP contribution in [0.25, 0.3) is 10.8 Å². The van der Waals surface area contributed by atoms with E-state index in [0.29, 0.717) is 30.5 Å². The van der Waals surface area contributed by atoms with Crippen molar-refractivity contribution in [3.63, 3.8) is 0 Å². The zero-order chi connectivity index (χ0) is 21.7. The number of fused-ring (bicyclic) bond motifs is 1. The van der Waals surface area contributed by atoms with E-state index < -0.39 is 5.97 Å². The summed E-state index contributed by atoms with van der Waals surface area (Å²) < 4.78 is 11.9. The number of esters is 2. The van der Waals surface area contributed by atoms with Crippen molar-refractivity contribution >= 4 is 28.5 Å². The molecule has 6 heteroatoms. The first-order valence-corrected chi connectivity index (χ1v) is 9.83. The summed E-state index contributed by atoms with van der Waals surface area (Å²) in [4.78, 5) is 36.3. The van der Waals surface area contributed by atoms with Crippen molar-refractivity contribution in [2.24, 2.45) is 0 Å². The number of hydrogen-bond acceptors (Lipinski definition) is 5. The van der Waals surface area contributed by atoms with E-state index in [-0.39, 0.29) is 18.4 Å². The summed E-state index contributed by atoms with van der Waals surface area (Å²) in [6.07, 6.45) is 0.938. The molecule has 6 nitrogen and oxygen atoms in total. The first kappa shape index (κ1) is 21.3. The molecule has 156 valence electrons. The number of benzene rings is 2. The number of aromatic nitrogens is 1. The van der Waals surface area contributed by atoms with E-state index in [1.54, 1.807) is 18.2 Å². The maximum atomic E-state index is 12.6. The molecule has 0 spiro atoms. The lowest BCUT2D eigenvalue weighted by Gasteiger charge is -2.09. The molecule has 0 amide bonds. The lowest BCUT2D eigenvalue weighted by molar-refractivity contribution is -0.140. The fourth-order valence-electron chi connectivity index (χ4n) is 3.52. The number of rotatable bonds is 8. The fraction of sp³-hybridized carbons (Fsp3) is 0.292. The average Bonchev–Trinajstić information content (AvgIpc) is 3.05. The molecule has 0 N–H and O–H groups in total. The largest absolute Gasteiger partial charge is 0.469 e. The summed E-state index contributed by atoms with van der Waals surface area (Å²) >= 11 is 0. The second kappa shape index (κ2) is 9.39. The third-order valence-corrected chi connectivity index (χ3v) is 5.18. The molecule has 0 bridgehead atoms. The second-order valence-corrected chi connectivity index (χ2v) is 7.18. The van der Waals surface area contributed by atoms with Crippen LogP contribution in [0.5, 0.6) is 0 Å². The molecule has 0 aliphatic heterocycles. The van der Waals surface area contributed by atoms with Gasteiger partial charge >= 0.3 is 11.9 Å². The van der Waals surface area contributed by atoms with E-state index >= 15 is 0 Å². The maximum Gasteiger partial charge on any atom is 0.338 e. The number of carbonyl (C=O) groups excluding carboxylic acids is 3. The number of ether oxygens (including phenoxy) is 2. The Morgan fingerprint density at radius 3 is 2.43 bits per heavy atom. The van der Waals surface area contributed by atoms with Gasteiger partial charge < -0.3 is 14.0 Å². The van der Waals surface area contributed by atoms with Gasteiger partial charge in [-0.3, -0.25) is 9.59 Å². The lowest BCUT2D eigenvalue weighted by Crippen LogP contribution is -2.15. The molecule has 1 aromatic heterocycles. The first-order chi connectivity index (χ1) is 14.4. The molecule has 3 aromatic rings. The van der Waals surface area contributed by atoms with E-state index in [9.17, 15) is 14.4 Å². The van der Waals surface area contributed by atoms with Gasteiger partial charge in [-0.1, -0.05) is 30.3 Å². The van der Waals surface area contributed by atoms with Gasteiger partial charge in [0.15, 0.2) is 6.61 Å². The third-order valence-electron chi connectivity index (χ3n) is 5.18. The molecule has 2 aromatic carbocycles. The van der Waals surface area contributed by atoms with Crippen LogP contribution in [0.15, 0.2) is 48.5 Å². The normalized spacial score (nSPS) is 10.8. The number of hydrogen-bond donors (Lipinski definition) is 0. The number of ketones is 1. The Morgan fingerprint density at radius 2 is 1.70 bits per heavy atom. The number of methoxy groups -OCH3 is 1. The molecule has 3 rings (SSSR count). The lowest BCUT2D eigenvalue weighted by atomic mass is 10.1. The Labute approximate surface area is 175 Å². The summed E-state index contributed by atoms with van der Waals surface area (Å²) in [6, 6.07) is 14.8. The van der Waals surface area contributed by atoms with Crippen LogP contribution in [-0.4, -0.2) is 36.0 Å². The second-order valence-electron chi connectivity index (χ2n) is 7.18. The minimum absolute atomic E-state index is 0.253. The van der Waals surface area contributed by atoms with Crippen LogP contribution in [0.4, 0.5) is 0 Å². The molecule has 1 heterocycles. The predicted octanol–water partition coefficient (Wildman–Crippen LogP) is 4.25. The highest BCUT2D eigenvalue weighted by Gasteiger charge is 2.18. The minimum atomic E-state index is -0.527. The number of aryl methyl sites for hydroxylation is 1. The highest BCUT2D eigenvalue weighted by Crippen LogP contribution is 2.19. The van der Waals surface area contributed by atoms with E-state index in [1.165, 1.54) is 7.11 Å². The van der Waals surface area contributed by atoms with Crippen molar-refractivity contribution in [1.29, 1.82) is 0 Å². The minimum Gasteiger partial charge on any atom is -0.469 e. The Balaban J connectivity index is 1.63. The predicted molar refractivity (Wildman–Crippen MR) is 114 cm³/mol. The molecular formula is C24H25NO5. The summed E-state index contributed by atoms with van der Waals surface area (Å²) in [7, 11) is 1.37. The van der Waals surface area contributed by atoms with Crippen LogP contribution in [0.3, 0.4) is 0 Å². The van der Waals surface area contributed by atoms with Gasteiger partial charge in [0.25, 0.3) is 0 Å². The van der Waals surface area contributed by atoms with E-state index in [1.807, 2.05) is 48.7 Å². The number of carbonyl (C=O) groups is 3. The van der Waals surface area contributed by atoms with E-state index in [4.69, 9.17) is 4.74 Å². The zero-order valence-corrected chi connectivity index (χ0v) is 17.4. The molecule has 0 aliphatic rings. The van der Waals surface area contributed by atoms with Gasteiger partial charge in [-0.15, -0.1) is 0 Å². The molecule has 0 atom stereocenters. The van der Waals surface area contributed by atoms with Gasteiger partial charge in [0.1, 0.15) is 0 Å². The molecule has 0 fully saturated rings. The molecule has 0 radical (unpaired) electrons. The van der Waals surface area contributed by atoms with Gasteiger partial charge in [0, 0.05) is 29.9 Å². The van der Waals surface area contributed by atoms with Gasteiger partial charge in [0.2, 0.25) is 5.78 Å². The summed E-state index contributed by atoms with van der Waals surface area (Å²) in [5.74, 6) is -1.04. The Morgan fingerprint density at radius 1 is 0.967 bits per heavy atom. The average molecular weight is 407 g/mol. The zero-order valence-electron chi connectivity index (χ0n) is 17.4. The van der Waals surface area contributed by atoms with Crippen molar-refractivity contribution in [1.82, 2.24) is 4.57 Å². The quantitative estimate of drug-likeness (QED) is 0.412. The van der Waals surface area contributed by atoms with Crippen LogP contribution in [-0.2, 0) is 20.8 Å². The highest BCUT2D eigenvalue weighted by atomic mass is 16.5. The van der Waals surface area contributed by atoms with Gasteiger partial charge in [-0.2, -0.15) is 0 Å². The van der Waals surface area contributed by atoms with Crippen LogP contribution < -0.4 is 0 Å². The Kier molecular flexibility index (Phi) is 6.67. The molecular weight excluding hydrogens is 382 g/mol. The Bertz CT molecular complexity index is 1100. The van der Waals surface area contributed by atoms with E-state index in [2.05, 4.69) is 4.74 Å². The van der Waals surface area contributed by atoms with Gasteiger partial charge in [-0.05, 0) is 49.2 Å². The molecule has 0 saturated carbocycles. The van der Waals surface area contributed by atoms with Crippen LogP contribution in [0.2, 0.25) is 0 Å². The molecule has 0 aliphatic carbocycles. The van der Waals surface area contributed by atoms with Gasteiger partial charge in [0.05, 0.1) is 12.7 Å². The Hall–Kier alpha value is -3.41. The van der Waals surface area contributed by atoms with Crippen molar-refractivity contribution in [2.75, 3.05) is 13.7 Å². The fourth-order valence-corrected chi connectivity index (χ4v) is 3.52. The van der Waals surface area contributed by atoms with Crippen molar-refractivity contribution in [2.45, 2.75) is 33.2 Å². The maximum absolute atomic E-state index is 12.6. The SMILES string of the molecule is COC(=O)CCCn1c(C)cc(C(=O)COC(=O)c2ccc3ccccc3c2)c1C. The smallest absolute Gasteiger partial charge is 0.338 e. The van der Waals surface area contributed by atoms with Crippen molar-refractivity contribution in [3.8, 4) is 0 Å². The van der Waals surface area contributed by atoms with Crippen molar-refractivity contribution in [3.05, 3.63) is 71.0 Å². The summed E-state index contributed by atoms with van der Waals surface area (Å²) in [5, 5.41) is 1.97. The molecule has 0 saturated heterocycles. The van der Waals surface area contributed by atoms with Crippen LogP contribution in [0.1, 0.15) is 44.9 Å². The monoisotopic (exact) mass is 407 g/mol. The summed E-state index contributed by atoms with van der Waals surface area (Å²) in [6.45, 7) is 4.04. The third kappa shape index (κ3) is 4.76. The number of Topliss-reactive ketones (excluding diaryl/α,β-unsaturated/α-hetero) is 1. The van der Waals surface area contributed by atoms with Gasteiger partial charge in [-0.25, -0.2) is 4.79 Å². The van der Waals surface area contributed by atoms with E-state index in [0.717, 1.165) is 22.2 Å². The molecule has 0 unspecified atom stereocenters. The van der Waals surface area contributed by atoms with Crippen LogP contribution >= 0.6 is 0 Å². The van der Waals surface area contributed by atoms with Crippen LogP contribution in [0, 0.1) is 13.8 Å².